The van der Waals surface area contributed by atoms with Crippen molar-refractivity contribution in [2.45, 2.75) is 12.5 Å². The molecule has 2 aromatic rings. The number of thiophene rings is 1. The molecule has 24 heavy (non-hydrogen) atoms. The summed E-state index contributed by atoms with van der Waals surface area (Å²) in [6, 6.07) is 8.98. The van der Waals surface area contributed by atoms with Crippen molar-refractivity contribution >= 4 is 29.1 Å². The Hall–Kier alpha value is -2.87. The van der Waals surface area contributed by atoms with Crippen LogP contribution in [-0.2, 0) is 4.79 Å². The Morgan fingerprint density at radius 3 is 2.29 bits per heavy atom. The van der Waals surface area contributed by atoms with E-state index in [0.29, 0.717) is 11.3 Å². The molecule has 0 unspecified atom stereocenters. The Kier molecular flexibility index (Phi) is 5.54. The molecule has 1 heterocycles. The third kappa shape index (κ3) is 4.32. The molecule has 4 N–H and O–H groups in total. The lowest BCUT2D eigenvalue weighted by Gasteiger charge is -2.17. The lowest BCUT2D eigenvalue weighted by molar-refractivity contribution is -0.137. The van der Waals surface area contributed by atoms with Gasteiger partial charge in [-0.15, -0.1) is 11.3 Å². The fraction of sp³-hybridized carbons (Fsp3) is 0.188. The highest BCUT2D eigenvalue weighted by Gasteiger charge is 2.20. The zero-order valence-electron chi connectivity index (χ0n) is 12.8. The number of hydrogen-bond donors (Lipinski definition) is 3. The quantitative estimate of drug-likeness (QED) is 0.705. The molecule has 2 amide bonds. The van der Waals surface area contributed by atoms with Crippen molar-refractivity contribution < 1.29 is 24.2 Å². The number of hydrogen-bond acceptors (Lipinski definition) is 5. The molecular formula is C16H16N2O5S. The molecule has 1 atom stereocenters. The minimum Gasteiger partial charge on any atom is -0.497 e. The van der Waals surface area contributed by atoms with Crippen LogP contribution in [0.1, 0.15) is 37.4 Å². The SMILES string of the molecule is COc1ccc([C@@H](CC(=O)O)NC(=O)c2ccc(C(N)=O)s2)cc1. The van der Waals surface area contributed by atoms with Crippen LogP contribution < -0.4 is 15.8 Å². The number of nitrogens with two attached hydrogens (primary N) is 1. The number of carboxylic acid groups (broad SMARTS) is 1. The maximum atomic E-state index is 12.3. The summed E-state index contributed by atoms with van der Waals surface area (Å²) >= 11 is 0.957. The van der Waals surface area contributed by atoms with Gasteiger partial charge in [-0.25, -0.2) is 0 Å². The van der Waals surface area contributed by atoms with Crippen LogP contribution >= 0.6 is 11.3 Å². The first kappa shape index (κ1) is 17.5. The number of methoxy groups -OCH3 is 1. The first-order chi connectivity index (χ1) is 11.4. The predicted molar refractivity (Wildman–Crippen MR) is 88.3 cm³/mol. The number of ether oxygens (including phenoxy) is 1. The van der Waals surface area contributed by atoms with Crippen LogP contribution in [0.2, 0.25) is 0 Å². The number of primary amides is 1. The molecule has 1 aromatic heterocycles. The van der Waals surface area contributed by atoms with Gasteiger partial charge in [0.05, 0.1) is 29.3 Å². The van der Waals surface area contributed by atoms with E-state index in [1.165, 1.54) is 19.2 Å². The number of benzene rings is 1. The molecule has 0 bridgehead atoms. The summed E-state index contributed by atoms with van der Waals surface area (Å²) in [5.41, 5.74) is 5.80. The zero-order chi connectivity index (χ0) is 17.7. The summed E-state index contributed by atoms with van der Waals surface area (Å²) in [7, 11) is 1.53. The van der Waals surface area contributed by atoms with Gasteiger partial charge in [-0.3, -0.25) is 14.4 Å². The standard InChI is InChI=1S/C16H16N2O5S/c1-23-10-4-2-9(3-5-10)11(8-14(19)20)18-16(22)13-7-6-12(24-13)15(17)21/h2-7,11H,8H2,1H3,(H2,17,21)(H,18,22)(H,19,20)/t11-/m1/s1. The average molecular weight is 348 g/mol. The molecule has 0 aliphatic carbocycles. The van der Waals surface area contributed by atoms with Crippen LogP contribution in [0, 0.1) is 0 Å². The summed E-state index contributed by atoms with van der Waals surface area (Å²) in [6.45, 7) is 0. The largest absolute Gasteiger partial charge is 0.497 e. The highest BCUT2D eigenvalue weighted by Crippen LogP contribution is 2.22. The molecule has 2 rings (SSSR count). The normalized spacial score (nSPS) is 11.5. The minimum absolute atomic E-state index is 0.263. The van der Waals surface area contributed by atoms with Crippen LogP contribution in [0.3, 0.4) is 0 Å². The summed E-state index contributed by atoms with van der Waals surface area (Å²) < 4.78 is 5.06. The first-order valence-electron chi connectivity index (χ1n) is 6.97. The smallest absolute Gasteiger partial charge is 0.305 e. The molecule has 7 nitrogen and oxygen atoms in total. The van der Waals surface area contributed by atoms with Gasteiger partial charge in [-0.2, -0.15) is 0 Å². The summed E-state index contributed by atoms with van der Waals surface area (Å²) in [5.74, 6) is -1.49. The van der Waals surface area contributed by atoms with E-state index in [9.17, 15) is 14.4 Å². The molecular weight excluding hydrogens is 332 g/mol. The molecule has 0 saturated heterocycles. The van der Waals surface area contributed by atoms with Gasteiger partial charge < -0.3 is 20.9 Å². The summed E-state index contributed by atoms with van der Waals surface area (Å²) in [5, 5.41) is 11.7. The molecule has 0 radical (unpaired) electrons. The van der Waals surface area contributed by atoms with Crippen molar-refractivity contribution in [3.63, 3.8) is 0 Å². The Bertz CT molecular complexity index is 754. The van der Waals surface area contributed by atoms with Crippen molar-refractivity contribution in [3.8, 4) is 5.75 Å². The fourth-order valence-corrected chi connectivity index (χ4v) is 2.85. The van der Waals surface area contributed by atoms with E-state index in [2.05, 4.69) is 5.32 Å². The van der Waals surface area contributed by atoms with Gasteiger partial charge in [-0.1, -0.05) is 12.1 Å². The highest BCUT2D eigenvalue weighted by molar-refractivity contribution is 7.15. The lowest BCUT2D eigenvalue weighted by atomic mass is 10.0. The Labute approximate surface area is 142 Å². The van der Waals surface area contributed by atoms with Crippen molar-refractivity contribution in [2.75, 3.05) is 7.11 Å². The van der Waals surface area contributed by atoms with Gasteiger partial charge in [0, 0.05) is 0 Å². The number of aliphatic carboxylic acids is 1. The highest BCUT2D eigenvalue weighted by atomic mass is 32.1. The Balaban J connectivity index is 2.19. The number of carbonyl (C=O) groups is 3. The van der Waals surface area contributed by atoms with Gasteiger partial charge in [0.25, 0.3) is 11.8 Å². The van der Waals surface area contributed by atoms with Crippen molar-refractivity contribution in [3.05, 3.63) is 51.7 Å². The molecule has 126 valence electrons. The molecule has 0 saturated carbocycles. The van der Waals surface area contributed by atoms with E-state index in [1.54, 1.807) is 24.3 Å². The summed E-state index contributed by atoms with van der Waals surface area (Å²) in [4.78, 5) is 35.0. The van der Waals surface area contributed by atoms with Gasteiger partial charge in [-0.05, 0) is 29.8 Å². The molecule has 1 aromatic carbocycles. The monoisotopic (exact) mass is 348 g/mol. The van der Waals surface area contributed by atoms with E-state index in [0.717, 1.165) is 11.3 Å². The lowest BCUT2D eigenvalue weighted by Crippen LogP contribution is -2.29. The first-order valence-corrected chi connectivity index (χ1v) is 7.78. The average Bonchev–Trinajstić information content (AvgIpc) is 3.04. The second-order valence-electron chi connectivity index (χ2n) is 4.93. The number of carbonyl (C=O) groups excluding carboxylic acids is 2. The number of nitrogens with one attached hydrogen (secondary N) is 1. The van der Waals surface area contributed by atoms with Crippen LogP contribution in [-0.4, -0.2) is 30.0 Å². The van der Waals surface area contributed by atoms with E-state index in [4.69, 9.17) is 15.6 Å². The Morgan fingerprint density at radius 1 is 1.17 bits per heavy atom. The summed E-state index contributed by atoms with van der Waals surface area (Å²) in [6.07, 6.45) is -0.272. The minimum atomic E-state index is -1.04. The second kappa shape index (κ2) is 7.60. The van der Waals surface area contributed by atoms with E-state index in [1.807, 2.05) is 0 Å². The number of rotatable bonds is 7. The molecule has 0 aliphatic heterocycles. The number of amides is 2. The third-order valence-electron chi connectivity index (χ3n) is 3.27. The van der Waals surface area contributed by atoms with Crippen molar-refractivity contribution in [1.82, 2.24) is 5.32 Å². The van der Waals surface area contributed by atoms with E-state index < -0.39 is 23.8 Å². The van der Waals surface area contributed by atoms with Crippen LogP contribution in [0.25, 0.3) is 0 Å². The third-order valence-corrected chi connectivity index (χ3v) is 4.37. The van der Waals surface area contributed by atoms with E-state index >= 15 is 0 Å². The maximum Gasteiger partial charge on any atom is 0.305 e. The van der Waals surface area contributed by atoms with E-state index in [-0.39, 0.29) is 16.2 Å². The zero-order valence-corrected chi connectivity index (χ0v) is 13.6. The molecule has 0 spiro atoms. The Morgan fingerprint density at radius 2 is 1.79 bits per heavy atom. The van der Waals surface area contributed by atoms with Gasteiger partial charge in [0.2, 0.25) is 0 Å². The van der Waals surface area contributed by atoms with Gasteiger partial charge in [0.1, 0.15) is 5.75 Å². The van der Waals surface area contributed by atoms with Crippen molar-refractivity contribution in [1.29, 1.82) is 0 Å². The van der Waals surface area contributed by atoms with Crippen molar-refractivity contribution in [2.24, 2.45) is 5.73 Å². The fourth-order valence-electron chi connectivity index (χ4n) is 2.08. The maximum absolute atomic E-state index is 12.3. The second-order valence-corrected chi connectivity index (χ2v) is 6.01. The molecule has 0 fully saturated rings. The van der Waals surface area contributed by atoms with Crippen LogP contribution in [0.15, 0.2) is 36.4 Å². The number of carboxylic acids is 1. The van der Waals surface area contributed by atoms with Gasteiger partial charge >= 0.3 is 5.97 Å². The van der Waals surface area contributed by atoms with Crippen LogP contribution in [0.5, 0.6) is 5.75 Å². The molecule has 0 aliphatic rings. The topological polar surface area (TPSA) is 119 Å². The molecule has 8 heteroatoms. The van der Waals surface area contributed by atoms with Gasteiger partial charge in [0.15, 0.2) is 0 Å². The predicted octanol–water partition coefficient (Wildman–Crippen LogP) is 1.80. The van der Waals surface area contributed by atoms with Crippen LogP contribution in [0.4, 0.5) is 0 Å².